The minimum Gasteiger partial charge on any atom is -0.478 e. The fourth-order valence-electron chi connectivity index (χ4n) is 2.18. The zero-order chi connectivity index (χ0) is 13.4. The summed E-state index contributed by atoms with van der Waals surface area (Å²) in [6.07, 6.45) is 0. The van der Waals surface area contributed by atoms with Gasteiger partial charge in [0.1, 0.15) is 0 Å². The van der Waals surface area contributed by atoms with Crippen LogP contribution in [0.3, 0.4) is 0 Å². The second-order valence-corrected chi connectivity index (χ2v) is 4.35. The Balaban J connectivity index is 2.24. The second-order valence-electron chi connectivity index (χ2n) is 4.35. The first-order valence-corrected chi connectivity index (χ1v) is 5.87. The Morgan fingerprint density at radius 1 is 1.11 bits per heavy atom. The minimum atomic E-state index is -0.955. The maximum Gasteiger partial charge on any atom is 0.335 e. The molecule has 1 aromatic heterocycles. The van der Waals surface area contributed by atoms with Crippen molar-refractivity contribution in [3.63, 3.8) is 0 Å². The largest absolute Gasteiger partial charge is 0.478 e. The van der Waals surface area contributed by atoms with Crippen LogP contribution in [0.25, 0.3) is 22.2 Å². The van der Waals surface area contributed by atoms with E-state index in [0.29, 0.717) is 5.69 Å². The molecule has 4 nitrogen and oxygen atoms in total. The van der Waals surface area contributed by atoms with E-state index in [9.17, 15) is 4.79 Å². The number of aromatic amines is 1. The van der Waals surface area contributed by atoms with Gasteiger partial charge in [0.05, 0.1) is 16.9 Å². The smallest absolute Gasteiger partial charge is 0.335 e. The van der Waals surface area contributed by atoms with Crippen LogP contribution in [0, 0.1) is 0 Å². The van der Waals surface area contributed by atoms with Gasteiger partial charge in [0.25, 0.3) is 0 Å². The van der Waals surface area contributed by atoms with Gasteiger partial charge in [-0.15, -0.1) is 0 Å². The lowest BCUT2D eigenvalue weighted by Gasteiger charge is -1.99. The lowest BCUT2D eigenvalue weighted by Crippen LogP contribution is -1.95. The lowest BCUT2D eigenvalue weighted by atomic mass is 10.1. The molecule has 4 heteroatoms. The summed E-state index contributed by atoms with van der Waals surface area (Å²) in [5, 5.41) is 9.74. The SMILES string of the molecule is Nc1c(-c2ccccc2)[nH]c2ccc(C(=O)O)cc12. The summed E-state index contributed by atoms with van der Waals surface area (Å²) in [7, 11) is 0. The Morgan fingerprint density at radius 2 is 1.84 bits per heavy atom. The number of nitrogens with one attached hydrogen (secondary N) is 1. The Labute approximate surface area is 109 Å². The monoisotopic (exact) mass is 252 g/mol. The number of benzene rings is 2. The second kappa shape index (κ2) is 4.17. The van der Waals surface area contributed by atoms with E-state index in [-0.39, 0.29) is 5.56 Å². The summed E-state index contributed by atoms with van der Waals surface area (Å²) in [5.41, 5.74) is 9.56. The molecule has 3 aromatic rings. The number of carboxylic acid groups (broad SMARTS) is 1. The van der Waals surface area contributed by atoms with Crippen LogP contribution in [0.15, 0.2) is 48.5 Å². The van der Waals surface area contributed by atoms with Gasteiger partial charge in [-0.2, -0.15) is 0 Å². The molecule has 3 rings (SSSR count). The first-order valence-electron chi connectivity index (χ1n) is 5.87. The molecular weight excluding hydrogens is 240 g/mol. The van der Waals surface area contributed by atoms with Crippen molar-refractivity contribution < 1.29 is 9.90 Å². The van der Waals surface area contributed by atoms with Crippen molar-refractivity contribution in [2.75, 3.05) is 5.73 Å². The van der Waals surface area contributed by atoms with Crippen LogP contribution < -0.4 is 5.73 Å². The highest BCUT2D eigenvalue weighted by molar-refractivity contribution is 6.03. The standard InChI is InChI=1S/C15H12N2O2/c16-13-11-8-10(15(18)19)6-7-12(11)17-14(13)9-4-2-1-3-5-9/h1-8,17H,16H2,(H,18,19). The Bertz CT molecular complexity index is 760. The molecule has 0 bridgehead atoms. The number of rotatable bonds is 2. The highest BCUT2D eigenvalue weighted by Crippen LogP contribution is 2.32. The van der Waals surface area contributed by atoms with Crippen molar-refractivity contribution in [1.82, 2.24) is 4.98 Å². The third-order valence-electron chi connectivity index (χ3n) is 3.15. The molecule has 4 N–H and O–H groups in total. The Morgan fingerprint density at radius 3 is 2.53 bits per heavy atom. The highest BCUT2D eigenvalue weighted by atomic mass is 16.4. The predicted molar refractivity (Wildman–Crippen MR) is 75.1 cm³/mol. The molecule has 1 heterocycles. The Hall–Kier alpha value is -2.75. The summed E-state index contributed by atoms with van der Waals surface area (Å²) < 4.78 is 0. The van der Waals surface area contributed by atoms with Crippen LogP contribution in [0.2, 0.25) is 0 Å². The third-order valence-corrected chi connectivity index (χ3v) is 3.15. The lowest BCUT2D eigenvalue weighted by molar-refractivity contribution is 0.0697. The quantitative estimate of drug-likeness (QED) is 0.655. The zero-order valence-corrected chi connectivity index (χ0v) is 10.1. The van der Waals surface area contributed by atoms with Gasteiger partial charge >= 0.3 is 5.97 Å². The molecule has 0 spiro atoms. The van der Waals surface area contributed by atoms with E-state index in [1.54, 1.807) is 18.2 Å². The molecule has 0 saturated heterocycles. The molecule has 0 saturated carbocycles. The normalized spacial score (nSPS) is 10.7. The number of anilines is 1. The molecule has 0 aliphatic rings. The molecule has 0 radical (unpaired) electrons. The molecule has 94 valence electrons. The maximum absolute atomic E-state index is 11.0. The van der Waals surface area contributed by atoms with E-state index < -0.39 is 5.97 Å². The van der Waals surface area contributed by atoms with E-state index in [4.69, 9.17) is 10.8 Å². The number of aromatic carboxylic acids is 1. The van der Waals surface area contributed by atoms with Crippen LogP contribution >= 0.6 is 0 Å². The molecule has 0 amide bonds. The Kier molecular flexibility index (Phi) is 2.49. The summed E-state index contributed by atoms with van der Waals surface area (Å²) >= 11 is 0. The number of nitrogen functional groups attached to an aromatic ring is 1. The van der Waals surface area contributed by atoms with Crippen LogP contribution in [0.5, 0.6) is 0 Å². The van der Waals surface area contributed by atoms with Gasteiger partial charge in [-0.3, -0.25) is 0 Å². The van der Waals surface area contributed by atoms with Gasteiger partial charge < -0.3 is 15.8 Å². The van der Waals surface area contributed by atoms with Gasteiger partial charge in [0, 0.05) is 16.5 Å². The van der Waals surface area contributed by atoms with Crippen molar-refractivity contribution in [2.24, 2.45) is 0 Å². The molecule has 0 unspecified atom stereocenters. The first kappa shape index (κ1) is 11.3. The molecule has 19 heavy (non-hydrogen) atoms. The van der Waals surface area contributed by atoms with E-state index >= 15 is 0 Å². The first-order chi connectivity index (χ1) is 9.16. The van der Waals surface area contributed by atoms with E-state index in [1.165, 1.54) is 0 Å². The van der Waals surface area contributed by atoms with Crippen molar-refractivity contribution in [3.8, 4) is 11.3 Å². The topological polar surface area (TPSA) is 79.1 Å². The van der Waals surface area contributed by atoms with E-state index in [2.05, 4.69) is 4.98 Å². The predicted octanol–water partition coefficient (Wildman–Crippen LogP) is 3.12. The number of carboxylic acids is 1. The van der Waals surface area contributed by atoms with Gasteiger partial charge in [-0.1, -0.05) is 30.3 Å². The number of aromatic nitrogens is 1. The molecule has 2 aromatic carbocycles. The number of carbonyl (C=O) groups is 1. The molecule has 0 fully saturated rings. The van der Waals surface area contributed by atoms with E-state index in [1.807, 2.05) is 30.3 Å². The zero-order valence-electron chi connectivity index (χ0n) is 10.1. The highest BCUT2D eigenvalue weighted by Gasteiger charge is 2.12. The van der Waals surface area contributed by atoms with Gasteiger partial charge in [0.2, 0.25) is 0 Å². The van der Waals surface area contributed by atoms with Crippen molar-refractivity contribution >= 4 is 22.6 Å². The summed E-state index contributed by atoms with van der Waals surface area (Å²) in [5.74, 6) is -0.955. The summed E-state index contributed by atoms with van der Waals surface area (Å²) in [6.45, 7) is 0. The van der Waals surface area contributed by atoms with Crippen LogP contribution in [-0.4, -0.2) is 16.1 Å². The van der Waals surface area contributed by atoms with Crippen molar-refractivity contribution in [1.29, 1.82) is 0 Å². The van der Waals surface area contributed by atoms with Gasteiger partial charge in [-0.05, 0) is 18.2 Å². The molecular formula is C15H12N2O2. The number of H-pyrrole nitrogens is 1. The third kappa shape index (κ3) is 1.83. The van der Waals surface area contributed by atoms with Gasteiger partial charge in [0.15, 0.2) is 0 Å². The molecule has 0 aliphatic carbocycles. The average molecular weight is 252 g/mol. The van der Waals surface area contributed by atoms with Crippen LogP contribution in [-0.2, 0) is 0 Å². The number of hydrogen-bond donors (Lipinski definition) is 3. The fraction of sp³-hybridized carbons (Fsp3) is 0. The summed E-state index contributed by atoms with van der Waals surface area (Å²) in [4.78, 5) is 14.2. The minimum absolute atomic E-state index is 0.234. The van der Waals surface area contributed by atoms with E-state index in [0.717, 1.165) is 22.2 Å². The van der Waals surface area contributed by atoms with Crippen molar-refractivity contribution in [3.05, 3.63) is 54.1 Å². The van der Waals surface area contributed by atoms with Crippen molar-refractivity contribution in [2.45, 2.75) is 0 Å². The molecule has 0 atom stereocenters. The van der Waals surface area contributed by atoms with Crippen LogP contribution in [0.1, 0.15) is 10.4 Å². The average Bonchev–Trinajstić information content (AvgIpc) is 2.77. The summed E-state index contributed by atoms with van der Waals surface area (Å²) in [6, 6.07) is 14.6. The van der Waals surface area contributed by atoms with Crippen LogP contribution in [0.4, 0.5) is 5.69 Å². The maximum atomic E-state index is 11.0. The fourth-order valence-corrected chi connectivity index (χ4v) is 2.18. The number of nitrogens with two attached hydrogens (primary N) is 1. The molecule has 0 aliphatic heterocycles. The number of hydrogen-bond acceptors (Lipinski definition) is 2. The number of fused-ring (bicyclic) bond motifs is 1. The van der Waals surface area contributed by atoms with Gasteiger partial charge in [-0.25, -0.2) is 4.79 Å².